The van der Waals surface area contributed by atoms with Crippen LogP contribution in [0.25, 0.3) is 11.0 Å². The molecular formula is C20H28N4O3. The first-order valence-corrected chi connectivity index (χ1v) is 9.84. The van der Waals surface area contributed by atoms with Crippen molar-refractivity contribution in [3.05, 3.63) is 34.2 Å². The van der Waals surface area contributed by atoms with Crippen LogP contribution in [0.1, 0.15) is 37.3 Å². The van der Waals surface area contributed by atoms with Crippen LogP contribution in [0.3, 0.4) is 0 Å². The highest BCUT2D eigenvalue weighted by Gasteiger charge is 2.31. The highest BCUT2D eigenvalue weighted by Crippen LogP contribution is 2.28. The van der Waals surface area contributed by atoms with Gasteiger partial charge in [0.2, 0.25) is 0 Å². The summed E-state index contributed by atoms with van der Waals surface area (Å²) in [6.07, 6.45) is 3.73. The third-order valence-corrected chi connectivity index (χ3v) is 6.15. The number of hydrogen-bond acceptors (Lipinski definition) is 4. The van der Waals surface area contributed by atoms with Crippen molar-refractivity contribution in [3.8, 4) is 0 Å². The Balaban J connectivity index is 1.39. The zero-order valence-electron chi connectivity index (χ0n) is 16.1. The number of H-pyrrole nitrogens is 1. The molecule has 7 heteroatoms. The summed E-state index contributed by atoms with van der Waals surface area (Å²) in [5.74, 6) is 0. The second-order valence-electron chi connectivity index (χ2n) is 7.78. The molecule has 0 aliphatic carbocycles. The fourth-order valence-electron chi connectivity index (χ4n) is 4.66. The molecule has 146 valence electrons. The van der Waals surface area contributed by atoms with Gasteiger partial charge in [-0.2, -0.15) is 0 Å². The molecule has 0 spiro atoms. The van der Waals surface area contributed by atoms with Gasteiger partial charge in [-0.3, -0.25) is 4.57 Å². The van der Waals surface area contributed by atoms with Gasteiger partial charge in [0.05, 0.1) is 18.1 Å². The largest absolute Gasteiger partial charge is 0.453 e. The smallest absolute Gasteiger partial charge is 0.409 e. The van der Waals surface area contributed by atoms with E-state index < -0.39 is 0 Å². The highest BCUT2D eigenvalue weighted by atomic mass is 16.5. The summed E-state index contributed by atoms with van der Waals surface area (Å²) in [7, 11) is 1.44. The van der Waals surface area contributed by atoms with E-state index in [4.69, 9.17) is 4.74 Å². The molecule has 1 N–H and O–H groups in total. The fraction of sp³-hybridized carbons (Fsp3) is 0.600. The highest BCUT2D eigenvalue weighted by molar-refractivity contribution is 5.76. The minimum atomic E-state index is -0.221. The average Bonchev–Trinajstić information content (AvgIpc) is 3.02. The molecule has 0 saturated carbocycles. The average molecular weight is 372 g/mol. The molecule has 1 amide bonds. The molecule has 1 aromatic carbocycles. The Labute approximate surface area is 158 Å². The van der Waals surface area contributed by atoms with Crippen molar-refractivity contribution in [1.82, 2.24) is 19.4 Å². The van der Waals surface area contributed by atoms with E-state index >= 15 is 0 Å². The summed E-state index contributed by atoms with van der Waals surface area (Å²) in [5.41, 5.74) is 3.09. The van der Waals surface area contributed by atoms with Gasteiger partial charge in [0.15, 0.2) is 0 Å². The van der Waals surface area contributed by atoms with Gasteiger partial charge in [-0.25, -0.2) is 9.59 Å². The van der Waals surface area contributed by atoms with Crippen molar-refractivity contribution in [3.63, 3.8) is 0 Å². The number of carbonyl (C=O) groups excluding carboxylic acids is 1. The van der Waals surface area contributed by atoms with Crippen LogP contribution < -0.4 is 5.69 Å². The lowest BCUT2D eigenvalue weighted by Gasteiger charge is -2.41. The molecule has 2 fully saturated rings. The van der Waals surface area contributed by atoms with Gasteiger partial charge < -0.3 is 19.5 Å². The van der Waals surface area contributed by atoms with Gasteiger partial charge in [0, 0.05) is 38.3 Å². The zero-order valence-corrected chi connectivity index (χ0v) is 16.1. The van der Waals surface area contributed by atoms with E-state index in [0.29, 0.717) is 6.04 Å². The quantitative estimate of drug-likeness (QED) is 0.879. The molecule has 2 saturated heterocycles. The van der Waals surface area contributed by atoms with Crippen LogP contribution in [0, 0.1) is 6.92 Å². The van der Waals surface area contributed by atoms with Crippen LogP contribution >= 0.6 is 0 Å². The Bertz CT molecular complexity index is 871. The number of ether oxygens (including phenoxy) is 1. The molecule has 2 aromatic rings. The van der Waals surface area contributed by atoms with E-state index in [0.717, 1.165) is 68.5 Å². The fourth-order valence-corrected chi connectivity index (χ4v) is 4.66. The van der Waals surface area contributed by atoms with Crippen molar-refractivity contribution in [2.75, 3.05) is 33.3 Å². The van der Waals surface area contributed by atoms with E-state index in [2.05, 4.69) is 22.0 Å². The summed E-state index contributed by atoms with van der Waals surface area (Å²) in [6, 6.07) is 6.93. The number of piperidine rings is 2. The third kappa shape index (κ3) is 3.48. The van der Waals surface area contributed by atoms with E-state index in [1.807, 2.05) is 17.6 Å². The monoisotopic (exact) mass is 372 g/mol. The first kappa shape index (κ1) is 18.1. The Hall–Kier alpha value is -2.28. The molecule has 1 aromatic heterocycles. The van der Waals surface area contributed by atoms with Crippen LogP contribution in [-0.4, -0.2) is 64.8 Å². The van der Waals surface area contributed by atoms with E-state index in [9.17, 15) is 9.59 Å². The van der Waals surface area contributed by atoms with Crippen molar-refractivity contribution < 1.29 is 9.53 Å². The first-order chi connectivity index (χ1) is 13.1. The van der Waals surface area contributed by atoms with Crippen molar-refractivity contribution in [1.29, 1.82) is 0 Å². The van der Waals surface area contributed by atoms with E-state index in [-0.39, 0.29) is 17.8 Å². The van der Waals surface area contributed by atoms with Gasteiger partial charge in [0.1, 0.15) is 0 Å². The predicted octanol–water partition coefficient (Wildman–Crippen LogP) is 2.51. The van der Waals surface area contributed by atoms with Gasteiger partial charge in [0.25, 0.3) is 0 Å². The Kier molecular flexibility index (Phi) is 4.95. The number of rotatable bonds is 2. The number of aromatic nitrogens is 2. The maximum Gasteiger partial charge on any atom is 0.409 e. The molecule has 0 radical (unpaired) electrons. The minimum Gasteiger partial charge on any atom is -0.453 e. The van der Waals surface area contributed by atoms with Crippen LogP contribution in [0.15, 0.2) is 23.0 Å². The van der Waals surface area contributed by atoms with Crippen molar-refractivity contribution in [2.45, 2.75) is 44.7 Å². The zero-order chi connectivity index (χ0) is 19.0. The molecule has 4 rings (SSSR count). The second kappa shape index (κ2) is 7.38. The number of likely N-dealkylation sites (tertiary alicyclic amines) is 2. The molecule has 0 atom stereocenters. The number of aromatic amines is 1. The minimum absolute atomic E-state index is 0.000404. The number of hydrogen-bond donors (Lipinski definition) is 1. The standard InChI is InChI=1S/C20H28N4O3/c1-14-3-4-18-17(13-14)21-19(25)24(18)16-7-9-22(10-8-16)15-5-11-23(12-6-15)20(26)27-2/h3-4,13,15-16H,5-12H2,1-2H3,(H,21,25). The SMILES string of the molecule is COC(=O)N1CCC(N2CCC(n3c(=O)[nH]c4cc(C)ccc43)CC2)CC1. The van der Waals surface area contributed by atoms with Crippen molar-refractivity contribution >= 4 is 17.1 Å². The molecule has 2 aliphatic heterocycles. The second-order valence-corrected chi connectivity index (χ2v) is 7.78. The molecule has 0 bridgehead atoms. The number of imidazole rings is 1. The molecule has 0 unspecified atom stereocenters. The lowest BCUT2D eigenvalue weighted by atomic mass is 9.97. The number of fused-ring (bicyclic) bond motifs is 1. The number of benzene rings is 1. The lowest BCUT2D eigenvalue weighted by molar-refractivity contribution is 0.0686. The number of nitrogens with one attached hydrogen (secondary N) is 1. The normalized spacial score (nSPS) is 20.3. The number of aryl methyl sites for hydroxylation is 1. The predicted molar refractivity (Wildman–Crippen MR) is 104 cm³/mol. The summed E-state index contributed by atoms with van der Waals surface area (Å²) in [4.78, 5) is 31.5. The Morgan fingerprint density at radius 3 is 2.41 bits per heavy atom. The summed E-state index contributed by atoms with van der Waals surface area (Å²) < 4.78 is 6.77. The number of methoxy groups -OCH3 is 1. The molecule has 3 heterocycles. The maximum absolute atomic E-state index is 12.5. The van der Waals surface area contributed by atoms with Gasteiger partial charge in [-0.1, -0.05) is 6.07 Å². The van der Waals surface area contributed by atoms with Crippen LogP contribution in [0.5, 0.6) is 0 Å². The van der Waals surface area contributed by atoms with Crippen LogP contribution in [-0.2, 0) is 4.74 Å². The van der Waals surface area contributed by atoms with Crippen molar-refractivity contribution in [2.24, 2.45) is 0 Å². The molecule has 7 nitrogen and oxygen atoms in total. The Morgan fingerprint density at radius 1 is 1.07 bits per heavy atom. The lowest BCUT2D eigenvalue weighted by Crippen LogP contribution is -2.49. The molecular weight excluding hydrogens is 344 g/mol. The molecule has 2 aliphatic rings. The van der Waals surface area contributed by atoms with E-state index in [1.165, 1.54) is 7.11 Å². The maximum atomic E-state index is 12.5. The van der Waals surface area contributed by atoms with Crippen LogP contribution in [0.2, 0.25) is 0 Å². The van der Waals surface area contributed by atoms with Gasteiger partial charge in [-0.05, 0) is 50.3 Å². The topological polar surface area (TPSA) is 70.6 Å². The number of amides is 1. The molecule has 27 heavy (non-hydrogen) atoms. The summed E-state index contributed by atoms with van der Waals surface area (Å²) in [5, 5.41) is 0. The third-order valence-electron chi connectivity index (χ3n) is 6.15. The summed E-state index contributed by atoms with van der Waals surface area (Å²) >= 11 is 0. The number of nitrogens with zero attached hydrogens (tertiary/aromatic N) is 3. The van der Waals surface area contributed by atoms with Gasteiger partial charge in [-0.15, -0.1) is 0 Å². The first-order valence-electron chi connectivity index (χ1n) is 9.84. The summed E-state index contributed by atoms with van der Waals surface area (Å²) in [6.45, 7) is 5.56. The number of carbonyl (C=O) groups is 1. The van der Waals surface area contributed by atoms with Crippen LogP contribution in [0.4, 0.5) is 4.79 Å². The van der Waals surface area contributed by atoms with E-state index in [1.54, 1.807) is 4.90 Å². The Morgan fingerprint density at radius 2 is 1.74 bits per heavy atom. The van der Waals surface area contributed by atoms with Gasteiger partial charge >= 0.3 is 11.8 Å².